The first-order chi connectivity index (χ1) is 7.65. The van der Waals surface area contributed by atoms with E-state index in [-0.39, 0.29) is 0 Å². The van der Waals surface area contributed by atoms with Crippen molar-refractivity contribution in [2.75, 3.05) is 31.6 Å². The normalized spacial score (nSPS) is 42.1. The topological polar surface area (TPSA) is 32.3 Å². The molecule has 4 heteroatoms. The summed E-state index contributed by atoms with van der Waals surface area (Å²) in [5.41, 5.74) is 0. The van der Waals surface area contributed by atoms with E-state index < -0.39 is 10.8 Å². The van der Waals surface area contributed by atoms with Crippen molar-refractivity contribution < 1.29 is 4.21 Å². The highest BCUT2D eigenvalue weighted by atomic mass is 32.2. The fraction of sp³-hybridized carbons (Fsp3) is 1.00. The largest absolute Gasteiger partial charge is 0.311 e. The molecule has 0 spiro atoms. The summed E-state index contributed by atoms with van der Waals surface area (Å²) in [6, 6.07) is 1.29. The van der Waals surface area contributed by atoms with Gasteiger partial charge in [-0.25, -0.2) is 0 Å². The maximum atomic E-state index is 11.3. The number of piperidine rings is 1. The Labute approximate surface area is 101 Å². The van der Waals surface area contributed by atoms with Crippen LogP contribution in [0.25, 0.3) is 0 Å². The van der Waals surface area contributed by atoms with E-state index in [1.807, 2.05) is 0 Å². The Morgan fingerprint density at radius 3 is 2.56 bits per heavy atom. The smallest absolute Gasteiger partial charge is 0.0249 e. The molecule has 0 amide bonds. The van der Waals surface area contributed by atoms with Gasteiger partial charge in [0, 0.05) is 40.9 Å². The Balaban J connectivity index is 1.78. The number of hydrogen-bond acceptors (Lipinski definition) is 3. The Morgan fingerprint density at radius 2 is 1.94 bits per heavy atom. The van der Waals surface area contributed by atoms with E-state index in [1.54, 1.807) is 0 Å². The maximum Gasteiger partial charge on any atom is 0.0249 e. The predicted octanol–water partition coefficient (Wildman–Crippen LogP) is 0.827. The third kappa shape index (κ3) is 3.28. The van der Waals surface area contributed by atoms with Crippen molar-refractivity contribution in [3.8, 4) is 0 Å². The summed E-state index contributed by atoms with van der Waals surface area (Å²) in [4.78, 5) is 2.42. The van der Waals surface area contributed by atoms with E-state index in [9.17, 15) is 4.21 Å². The number of nitrogens with one attached hydrogen (secondary N) is 1. The first-order valence-electron chi connectivity index (χ1n) is 6.44. The SMILES string of the molecule is CC1CN(C)CCC1NC1CCS(=O)CC1. The lowest BCUT2D eigenvalue weighted by atomic mass is 9.93. The summed E-state index contributed by atoms with van der Waals surface area (Å²) in [5, 5.41) is 3.79. The van der Waals surface area contributed by atoms with Gasteiger partial charge in [0.15, 0.2) is 0 Å². The van der Waals surface area contributed by atoms with Crippen LogP contribution in [-0.4, -0.2) is 52.8 Å². The average molecular weight is 244 g/mol. The van der Waals surface area contributed by atoms with Gasteiger partial charge in [-0.2, -0.15) is 0 Å². The van der Waals surface area contributed by atoms with Crippen molar-refractivity contribution in [3.63, 3.8) is 0 Å². The molecule has 0 aliphatic carbocycles. The molecule has 3 nitrogen and oxygen atoms in total. The standard InChI is InChI=1S/C12H24N2OS/c1-10-9-14(2)6-3-12(10)13-11-4-7-16(15)8-5-11/h10-13H,3-9H2,1-2H3. The summed E-state index contributed by atoms with van der Waals surface area (Å²) >= 11 is 0. The Kier molecular flexibility index (Phi) is 4.39. The van der Waals surface area contributed by atoms with Crippen LogP contribution >= 0.6 is 0 Å². The first-order valence-corrected chi connectivity index (χ1v) is 7.93. The minimum Gasteiger partial charge on any atom is -0.311 e. The lowest BCUT2D eigenvalue weighted by Crippen LogP contribution is -2.51. The molecule has 2 atom stereocenters. The summed E-state index contributed by atoms with van der Waals surface area (Å²) in [6.45, 7) is 4.76. The van der Waals surface area contributed by atoms with Gasteiger partial charge in [-0.15, -0.1) is 0 Å². The van der Waals surface area contributed by atoms with Crippen LogP contribution < -0.4 is 5.32 Å². The zero-order chi connectivity index (χ0) is 11.5. The molecular weight excluding hydrogens is 220 g/mol. The second-order valence-electron chi connectivity index (χ2n) is 5.42. The highest BCUT2D eigenvalue weighted by molar-refractivity contribution is 7.85. The molecule has 2 rings (SSSR count). The zero-order valence-corrected chi connectivity index (χ0v) is 11.3. The minimum atomic E-state index is -0.530. The van der Waals surface area contributed by atoms with Gasteiger partial charge in [0.25, 0.3) is 0 Å². The van der Waals surface area contributed by atoms with Crippen LogP contribution in [0.5, 0.6) is 0 Å². The van der Waals surface area contributed by atoms with E-state index in [4.69, 9.17) is 0 Å². The van der Waals surface area contributed by atoms with Crippen molar-refractivity contribution in [2.45, 2.75) is 38.3 Å². The Bertz CT molecular complexity index is 249. The van der Waals surface area contributed by atoms with Gasteiger partial charge in [-0.1, -0.05) is 6.92 Å². The molecule has 0 saturated carbocycles. The maximum absolute atomic E-state index is 11.3. The third-order valence-electron chi connectivity index (χ3n) is 3.95. The molecule has 1 N–H and O–H groups in total. The summed E-state index contributed by atoms with van der Waals surface area (Å²) in [7, 11) is 1.67. The molecule has 2 saturated heterocycles. The van der Waals surface area contributed by atoms with Crippen molar-refractivity contribution >= 4 is 10.8 Å². The average Bonchev–Trinajstić information content (AvgIpc) is 2.25. The van der Waals surface area contributed by atoms with E-state index in [0.29, 0.717) is 12.1 Å². The van der Waals surface area contributed by atoms with E-state index >= 15 is 0 Å². The molecule has 2 aliphatic rings. The second kappa shape index (κ2) is 5.61. The molecule has 0 aromatic carbocycles. The van der Waals surface area contributed by atoms with Crippen LogP contribution in [0.3, 0.4) is 0 Å². The lowest BCUT2D eigenvalue weighted by molar-refractivity contribution is 0.164. The summed E-state index contributed by atoms with van der Waals surface area (Å²) in [6.07, 6.45) is 3.47. The minimum absolute atomic E-state index is 0.530. The molecule has 2 heterocycles. The quantitative estimate of drug-likeness (QED) is 0.781. The van der Waals surface area contributed by atoms with Crippen LogP contribution in [-0.2, 0) is 10.8 Å². The van der Waals surface area contributed by atoms with Crippen LogP contribution in [0.15, 0.2) is 0 Å². The summed E-state index contributed by atoms with van der Waals surface area (Å²) in [5.74, 6) is 2.54. The van der Waals surface area contributed by atoms with Crippen LogP contribution in [0, 0.1) is 5.92 Å². The number of rotatable bonds is 2. The first kappa shape index (κ1) is 12.5. The van der Waals surface area contributed by atoms with E-state index in [0.717, 1.165) is 30.3 Å². The molecule has 0 radical (unpaired) electrons. The van der Waals surface area contributed by atoms with Gasteiger partial charge in [-0.3, -0.25) is 4.21 Å². The number of nitrogens with zero attached hydrogens (tertiary/aromatic N) is 1. The highest BCUT2D eigenvalue weighted by Crippen LogP contribution is 2.18. The molecular formula is C12H24N2OS. The van der Waals surface area contributed by atoms with Crippen molar-refractivity contribution in [1.29, 1.82) is 0 Å². The van der Waals surface area contributed by atoms with E-state index in [1.165, 1.54) is 19.5 Å². The molecule has 2 aliphatic heterocycles. The van der Waals surface area contributed by atoms with Crippen LogP contribution in [0.2, 0.25) is 0 Å². The lowest BCUT2D eigenvalue weighted by Gasteiger charge is -2.38. The molecule has 2 fully saturated rings. The highest BCUT2D eigenvalue weighted by Gasteiger charge is 2.27. The van der Waals surface area contributed by atoms with Gasteiger partial charge in [-0.05, 0) is 38.8 Å². The fourth-order valence-electron chi connectivity index (χ4n) is 2.86. The van der Waals surface area contributed by atoms with Crippen LogP contribution in [0.4, 0.5) is 0 Å². The molecule has 94 valence electrons. The van der Waals surface area contributed by atoms with Crippen LogP contribution in [0.1, 0.15) is 26.2 Å². The summed E-state index contributed by atoms with van der Waals surface area (Å²) < 4.78 is 11.3. The number of likely N-dealkylation sites (tertiary alicyclic amines) is 1. The Hall–Kier alpha value is 0.0700. The number of hydrogen-bond donors (Lipinski definition) is 1. The third-order valence-corrected chi connectivity index (χ3v) is 5.33. The van der Waals surface area contributed by atoms with Gasteiger partial charge in [0.2, 0.25) is 0 Å². The monoisotopic (exact) mass is 244 g/mol. The van der Waals surface area contributed by atoms with Crippen molar-refractivity contribution in [2.24, 2.45) is 5.92 Å². The van der Waals surface area contributed by atoms with Gasteiger partial charge in [0.1, 0.15) is 0 Å². The fourth-order valence-corrected chi connectivity index (χ4v) is 4.16. The molecule has 16 heavy (non-hydrogen) atoms. The second-order valence-corrected chi connectivity index (χ2v) is 7.12. The molecule has 0 bridgehead atoms. The van der Waals surface area contributed by atoms with Gasteiger partial charge in [0.05, 0.1) is 0 Å². The van der Waals surface area contributed by atoms with E-state index in [2.05, 4.69) is 24.2 Å². The molecule has 2 unspecified atom stereocenters. The van der Waals surface area contributed by atoms with Crippen molar-refractivity contribution in [3.05, 3.63) is 0 Å². The van der Waals surface area contributed by atoms with Gasteiger partial charge >= 0.3 is 0 Å². The Morgan fingerprint density at radius 1 is 1.25 bits per heavy atom. The molecule has 0 aromatic heterocycles. The zero-order valence-electron chi connectivity index (χ0n) is 10.4. The molecule has 0 aromatic rings. The van der Waals surface area contributed by atoms with Gasteiger partial charge < -0.3 is 10.2 Å². The predicted molar refractivity (Wildman–Crippen MR) is 69.1 cm³/mol. The van der Waals surface area contributed by atoms with Crippen molar-refractivity contribution in [1.82, 2.24) is 10.2 Å².